The van der Waals surface area contributed by atoms with Gasteiger partial charge in [-0.05, 0) is 46.0 Å². The van der Waals surface area contributed by atoms with Gasteiger partial charge in [-0.1, -0.05) is 168 Å². The maximum atomic E-state index is 13.4. The third kappa shape index (κ3) is 30.8. The van der Waals surface area contributed by atoms with Gasteiger partial charge in [-0.15, -0.1) is 0 Å². The van der Waals surface area contributed by atoms with Crippen molar-refractivity contribution in [1.82, 2.24) is 20.1 Å². The van der Waals surface area contributed by atoms with Crippen molar-refractivity contribution in [3.8, 4) is 0 Å². The van der Waals surface area contributed by atoms with E-state index in [0.717, 1.165) is 38.6 Å². The summed E-state index contributed by atoms with van der Waals surface area (Å²) in [6, 6.07) is 3.16. The molecule has 10 nitrogen and oxygen atoms in total. The van der Waals surface area contributed by atoms with Gasteiger partial charge in [0.1, 0.15) is 6.61 Å². The molecule has 1 aromatic rings. The number of nitrogens with one attached hydrogen (secondary N) is 1. The summed E-state index contributed by atoms with van der Waals surface area (Å²) in [5.74, 6) is -1.25. The van der Waals surface area contributed by atoms with E-state index in [0.29, 0.717) is 31.6 Å². The Morgan fingerprint density at radius 3 is 1.59 bits per heavy atom. The lowest BCUT2D eigenvalue weighted by Crippen LogP contribution is -2.41. The van der Waals surface area contributed by atoms with Crippen LogP contribution in [0.15, 0.2) is 18.3 Å². The highest BCUT2D eigenvalue weighted by Gasteiger charge is 2.25. The minimum Gasteiger partial charge on any atom is -0.461 e. The van der Waals surface area contributed by atoms with Gasteiger partial charge in [0.25, 0.3) is 0 Å². The Hall–Kier alpha value is -2.85. The third-order valence-corrected chi connectivity index (χ3v) is 11.2. The molecule has 1 heterocycles. The molecular formula is C49H88N4O6. The molecule has 1 amide bonds. The van der Waals surface area contributed by atoms with Gasteiger partial charge in [0, 0.05) is 45.2 Å². The van der Waals surface area contributed by atoms with E-state index < -0.39 is 12.1 Å². The van der Waals surface area contributed by atoms with Crippen LogP contribution in [0.3, 0.4) is 0 Å². The molecule has 0 saturated heterocycles. The van der Waals surface area contributed by atoms with Gasteiger partial charge in [-0.3, -0.25) is 19.4 Å². The number of carbonyl (C=O) groups is 4. The topological polar surface area (TPSA) is 118 Å². The normalized spacial score (nSPS) is 11.8. The van der Waals surface area contributed by atoms with Gasteiger partial charge in [0.2, 0.25) is 5.91 Å². The van der Waals surface area contributed by atoms with Crippen LogP contribution in [0.25, 0.3) is 0 Å². The molecule has 1 aromatic heterocycles. The van der Waals surface area contributed by atoms with E-state index in [1.165, 1.54) is 135 Å². The average Bonchev–Trinajstić information content (AvgIpc) is 3.22. The summed E-state index contributed by atoms with van der Waals surface area (Å²) in [5, 5.41) is 3.13. The van der Waals surface area contributed by atoms with E-state index >= 15 is 0 Å². The maximum absolute atomic E-state index is 13.4. The first-order valence-electron chi connectivity index (χ1n) is 24.2. The van der Waals surface area contributed by atoms with E-state index in [9.17, 15) is 19.2 Å². The SMILES string of the molecule is CCCCCCCCCCCCCCCC(=O)OCC(OC(=O)c1ccnc(CNCC(=O)N(CC)CCN(C)C)c1)C(=O)CCCCCCCCCCCCCCC. The molecule has 0 spiro atoms. The lowest BCUT2D eigenvalue weighted by atomic mass is 10.0. The minimum absolute atomic E-state index is 0.00148. The van der Waals surface area contributed by atoms with Crippen LogP contribution >= 0.6 is 0 Å². The molecule has 1 rings (SSSR count). The van der Waals surface area contributed by atoms with Crippen molar-refractivity contribution in [2.75, 3.05) is 46.9 Å². The largest absolute Gasteiger partial charge is 0.461 e. The van der Waals surface area contributed by atoms with Crippen LogP contribution < -0.4 is 5.32 Å². The Kier molecular flexibility index (Phi) is 35.0. The zero-order valence-corrected chi connectivity index (χ0v) is 38.6. The van der Waals surface area contributed by atoms with Crippen LogP contribution in [0, 0.1) is 0 Å². The lowest BCUT2D eigenvalue weighted by molar-refractivity contribution is -0.149. The molecule has 1 atom stereocenters. The molecule has 0 aromatic carbocycles. The number of unbranched alkanes of at least 4 members (excludes halogenated alkanes) is 24. The number of pyridine rings is 1. The number of rotatable bonds is 41. The summed E-state index contributed by atoms with van der Waals surface area (Å²) >= 11 is 0. The molecular weight excluding hydrogens is 741 g/mol. The molecule has 0 radical (unpaired) electrons. The number of hydrogen-bond donors (Lipinski definition) is 1. The van der Waals surface area contributed by atoms with E-state index in [2.05, 4.69) is 24.1 Å². The summed E-state index contributed by atoms with van der Waals surface area (Å²) in [5.41, 5.74) is 0.823. The predicted molar refractivity (Wildman–Crippen MR) is 243 cm³/mol. The number of hydrogen-bond acceptors (Lipinski definition) is 9. The third-order valence-electron chi connectivity index (χ3n) is 11.2. The van der Waals surface area contributed by atoms with Crippen molar-refractivity contribution >= 4 is 23.6 Å². The predicted octanol–water partition coefficient (Wildman–Crippen LogP) is 11.2. The standard InChI is InChI=1S/C49H88N4O6/c1-6-9-11-13-15-17-19-21-23-25-27-29-31-33-45(54)46(42-58-48(56)34-32-30-28-26-24-22-20-18-16-14-12-10-7-2)59-49(57)43-35-36-51-44(39-43)40-50-41-47(55)53(8-3)38-37-52(4)5/h35-36,39,46,50H,6-34,37-38,40-42H2,1-5H3. The molecule has 1 unspecified atom stereocenters. The Balaban J connectivity index is 2.59. The number of esters is 2. The maximum Gasteiger partial charge on any atom is 0.339 e. The van der Waals surface area contributed by atoms with Gasteiger partial charge in [0.15, 0.2) is 11.9 Å². The zero-order valence-electron chi connectivity index (χ0n) is 38.6. The van der Waals surface area contributed by atoms with Gasteiger partial charge in [-0.2, -0.15) is 0 Å². The van der Waals surface area contributed by atoms with Gasteiger partial charge in [0.05, 0.1) is 17.8 Å². The fourth-order valence-corrected chi connectivity index (χ4v) is 7.29. The van der Waals surface area contributed by atoms with Gasteiger partial charge >= 0.3 is 11.9 Å². The number of Topliss-reactive ketones (excluding diaryl/α,β-unsaturated/α-hetero) is 1. The number of likely N-dealkylation sites (N-methyl/N-ethyl adjacent to an activating group) is 2. The van der Waals surface area contributed by atoms with E-state index in [1.54, 1.807) is 17.0 Å². The first-order valence-corrected chi connectivity index (χ1v) is 24.2. The molecule has 59 heavy (non-hydrogen) atoms. The number of ether oxygens (including phenoxy) is 2. The molecule has 0 aliphatic carbocycles. The minimum atomic E-state index is -1.16. The second kappa shape index (κ2) is 38.1. The number of amides is 1. The quantitative estimate of drug-likeness (QED) is 0.0508. The Morgan fingerprint density at radius 1 is 0.644 bits per heavy atom. The second-order valence-corrected chi connectivity index (χ2v) is 16.9. The van der Waals surface area contributed by atoms with Gasteiger partial charge in [-0.25, -0.2) is 4.79 Å². The van der Waals surface area contributed by atoms with Crippen molar-refractivity contribution in [2.24, 2.45) is 0 Å². The Morgan fingerprint density at radius 2 is 1.12 bits per heavy atom. The lowest BCUT2D eigenvalue weighted by Gasteiger charge is -2.23. The summed E-state index contributed by atoms with van der Waals surface area (Å²) in [4.78, 5) is 60.4. The summed E-state index contributed by atoms with van der Waals surface area (Å²) in [7, 11) is 3.96. The average molecular weight is 829 g/mol. The van der Waals surface area contributed by atoms with Crippen LogP contribution in [0.1, 0.15) is 217 Å². The van der Waals surface area contributed by atoms with Crippen molar-refractivity contribution in [1.29, 1.82) is 0 Å². The Labute approximate surface area is 361 Å². The molecule has 0 saturated carbocycles. The first-order chi connectivity index (χ1) is 28.7. The highest BCUT2D eigenvalue weighted by Crippen LogP contribution is 2.16. The number of aromatic nitrogens is 1. The first kappa shape index (κ1) is 54.2. The van der Waals surface area contributed by atoms with Crippen LogP contribution in [0.2, 0.25) is 0 Å². The molecule has 0 fully saturated rings. The molecule has 340 valence electrons. The molecule has 1 N–H and O–H groups in total. The van der Waals surface area contributed by atoms with Crippen molar-refractivity contribution in [3.05, 3.63) is 29.6 Å². The van der Waals surface area contributed by atoms with E-state index in [1.807, 2.05) is 25.9 Å². The number of nitrogens with zero attached hydrogens (tertiary/aromatic N) is 3. The molecule has 0 aliphatic heterocycles. The van der Waals surface area contributed by atoms with Crippen LogP contribution in [0.4, 0.5) is 0 Å². The molecule has 0 bridgehead atoms. The fourth-order valence-electron chi connectivity index (χ4n) is 7.29. The highest BCUT2D eigenvalue weighted by molar-refractivity contribution is 5.93. The van der Waals surface area contributed by atoms with Crippen molar-refractivity contribution < 1.29 is 28.7 Å². The zero-order chi connectivity index (χ0) is 43.2. The van der Waals surface area contributed by atoms with Gasteiger partial charge < -0.3 is 24.6 Å². The summed E-state index contributed by atoms with van der Waals surface area (Å²) < 4.78 is 11.3. The number of carbonyl (C=O) groups excluding carboxylic acids is 4. The van der Waals surface area contributed by atoms with Crippen LogP contribution in [-0.4, -0.2) is 91.4 Å². The summed E-state index contributed by atoms with van der Waals surface area (Å²) in [6.45, 7) is 8.70. The second-order valence-electron chi connectivity index (χ2n) is 16.9. The monoisotopic (exact) mass is 829 g/mol. The van der Waals surface area contributed by atoms with E-state index in [4.69, 9.17) is 9.47 Å². The highest BCUT2D eigenvalue weighted by atomic mass is 16.6. The molecule has 10 heteroatoms. The number of ketones is 1. The molecule has 0 aliphatic rings. The van der Waals surface area contributed by atoms with E-state index in [-0.39, 0.29) is 49.3 Å². The van der Waals surface area contributed by atoms with Crippen LogP contribution in [-0.2, 0) is 30.4 Å². The van der Waals surface area contributed by atoms with Crippen LogP contribution in [0.5, 0.6) is 0 Å². The summed E-state index contributed by atoms with van der Waals surface area (Å²) in [6.07, 6.45) is 32.6. The Bertz CT molecular complexity index is 1210. The fraction of sp³-hybridized carbons (Fsp3) is 0.816. The van der Waals surface area contributed by atoms with Crippen molar-refractivity contribution in [3.63, 3.8) is 0 Å². The van der Waals surface area contributed by atoms with Crippen molar-refractivity contribution in [2.45, 2.75) is 213 Å². The smallest absolute Gasteiger partial charge is 0.339 e.